The Labute approximate surface area is 130 Å². The van der Waals surface area contributed by atoms with Gasteiger partial charge in [0.1, 0.15) is 11.6 Å². The van der Waals surface area contributed by atoms with Gasteiger partial charge >= 0.3 is 0 Å². The molecule has 0 aliphatic rings. The highest BCUT2D eigenvalue weighted by molar-refractivity contribution is 9.10. The van der Waals surface area contributed by atoms with Crippen LogP contribution in [0.4, 0.5) is 15.8 Å². The second-order valence-corrected chi connectivity index (χ2v) is 6.73. The number of ether oxygens (including phenoxy) is 1. The lowest BCUT2D eigenvalue weighted by atomic mass is 10.3. The highest BCUT2D eigenvalue weighted by atomic mass is 79.9. The molecule has 0 saturated heterocycles. The number of nitrogens with one attached hydrogen (secondary N) is 1. The molecule has 2 aromatic rings. The molecular formula is C13H12BrFN2O3S. The third kappa shape index (κ3) is 3.45. The van der Waals surface area contributed by atoms with Crippen LogP contribution < -0.4 is 15.2 Å². The van der Waals surface area contributed by atoms with Crippen LogP contribution in [0.5, 0.6) is 5.75 Å². The second-order valence-electron chi connectivity index (χ2n) is 4.13. The van der Waals surface area contributed by atoms with Gasteiger partial charge in [0.25, 0.3) is 10.0 Å². The zero-order valence-electron chi connectivity index (χ0n) is 10.9. The highest BCUT2D eigenvalue weighted by Crippen LogP contribution is 2.27. The molecule has 5 nitrogen and oxygen atoms in total. The number of anilines is 2. The molecule has 3 N–H and O–H groups in total. The van der Waals surface area contributed by atoms with Crippen molar-refractivity contribution in [1.82, 2.24) is 0 Å². The lowest BCUT2D eigenvalue weighted by Gasteiger charge is -2.11. The van der Waals surface area contributed by atoms with Gasteiger partial charge in [-0.3, -0.25) is 4.72 Å². The van der Waals surface area contributed by atoms with Gasteiger partial charge in [-0.2, -0.15) is 0 Å². The molecule has 112 valence electrons. The van der Waals surface area contributed by atoms with Crippen LogP contribution in [0.3, 0.4) is 0 Å². The molecule has 2 aromatic carbocycles. The minimum Gasteiger partial charge on any atom is -0.495 e. The first-order valence-electron chi connectivity index (χ1n) is 5.75. The molecule has 0 aliphatic carbocycles. The van der Waals surface area contributed by atoms with Crippen molar-refractivity contribution in [3.63, 3.8) is 0 Å². The fraction of sp³-hybridized carbons (Fsp3) is 0.0769. The summed E-state index contributed by atoms with van der Waals surface area (Å²) in [6, 6.07) is 8.02. The van der Waals surface area contributed by atoms with E-state index in [2.05, 4.69) is 20.7 Å². The zero-order valence-corrected chi connectivity index (χ0v) is 13.3. The van der Waals surface area contributed by atoms with Gasteiger partial charge in [-0.15, -0.1) is 0 Å². The van der Waals surface area contributed by atoms with Gasteiger partial charge in [-0.1, -0.05) is 15.9 Å². The van der Waals surface area contributed by atoms with Gasteiger partial charge in [-0.05, 0) is 30.3 Å². The van der Waals surface area contributed by atoms with Crippen LogP contribution in [0.1, 0.15) is 0 Å². The maximum absolute atomic E-state index is 13.7. The lowest BCUT2D eigenvalue weighted by molar-refractivity contribution is 0.415. The van der Waals surface area contributed by atoms with Crippen molar-refractivity contribution in [2.75, 3.05) is 17.6 Å². The summed E-state index contributed by atoms with van der Waals surface area (Å²) >= 11 is 3.10. The maximum Gasteiger partial charge on any atom is 0.262 e. The normalized spacial score (nSPS) is 11.2. The molecule has 0 amide bonds. The summed E-state index contributed by atoms with van der Waals surface area (Å²) in [6.07, 6.45) is 0. The number of hydrogen-bond donors (Lipinski definition) is 2. The van der Waals surface area contributed by atoms with E-state index in [9.17, 15) is 12.8 Å². The van der Waals surface area contributed by atoms with Gasteiger partial charge in [0, 0.05) is 10.5 Å². The Kier molecular flexibility index (Phi) is 4.38. The topological polar surface area (TPSA) is 81.4 Å². The smallest absolute Gasteiger partial charge is 0.262 e. The van der Waals surface area contributed by atoms with Crippen molar-refractivity contribution in [3.8, 4) is 5.75 Å². The standard InChI is InChI=1S/C13H12BrFN2O3S/c1-20-13-7-9(3-4-11(13)16)21(18,19)17-12-5-2-8(14)6-10(12)15/h2-7,17H,16H2,1H3. The summed E-state index contributed by atoms with van der Waals surface area (Å²) in [5.74, 6) is -0.454. The van der Waals surface area contributed by atoms with Crippen LogP contribution >= 0.6 is 15.9 Å². The van der Waals surface area contributed by atoms with Crippen molar-refractivity contribution < 1.29 is 17.5 Å². The minimum absolute atomic E-state index is 0.0733. The second kappa shape index (κ2) is 5.90. The largest absolute Gasteiger partial charge is 0.495 e. The predicted octanol–water partition coefficient (Wildman–Crippen LogP) is 2.98. The van der Waals surface area contributed by atoms with Crippen LogP contribution in [0.25, 0.3) is 0 Å². The molecule has 0 fully saturated rings. The Hall–Kier alpha value is -1.80. The molecule has 0 aromatic heterocycles. The number of methoxy groups -OCH3 is 1. The molecule has 0 spiro atoms. The van der Waals surface area contributed by atoms with Crippen molar-refractivity contribution in [3.05, 3.63) is 46.7 Å². The number of nitrogens with two attached hydrogens (primary N) is 1. The number of rotatable bonds is 4. The first-order chi connectivity index (χ1) is 9.83. The highest BCUT2D eigenvalue weighted by Gasteiger charge is 2.18. The van der Waals surface area contributed by atoms with Crippen molar-refractivity contribution in [2.45, 2.75) is 4.90 Å². The van der Waals surface area contributed by atoms with E-state index in [0.717, 1.165) is 0 Å². The van der Waals surface area contributed by atoms with E-state index in [1.165, 1.54) is 43.5 Å². The lowest BCUT2D eigenvalue weighted by Crippen LogP contribution is -2.14. The molecular weight excluding hydrogens is 363 g/mol. The number of benzene rings is 2. The third-order valence-electron chi connectivity index (χ3n) is 2.69. The SMILES string of the molecule is COc1cc(S(=O)(=O)Nc2ccc(Br)cc2F)ccc1N. The summed E-state index contributed by atoms with van der Waals surface area (Å²) < 4.78 is 45.8. The first-order valence-corrected chi connectivity index (χ1v) is 8.02. The van der Waals surface area contributed by atoms with Gasteiger partial charge in [0.2, 0.25) is 0 Å². The molecule has 0 saturated carbocycles. The van der Waals surface area contributed by atoms with E-state index in [0.29, 0.717) is 10.2 Å². The summed E-state index contributed by atoms with van der Waals surface area (Å²) in [5, 5.41) is 0. The monoisotopic (exact) mass is 374 g/mol. The van der Waals surface area contributed by atoms with Crippen molar-refractivity contribution in [2.24, 2.45) is 0 Å². The third-order valence-corrected chi connectivity index (χ3v) is 4.55. The Bertz CT molecular complexity index is 781. The summed E-state index contributed by atoms with van der Waals surface area (Å²) in [5.41, 5.74) is 5.80. The fourth-order valence-electron chi connectivity index (χ4n) is 1.63. The summed E-state index contributed by atoms with van der Waals surface area (Å²) in [7, 11) is -2.56. The number of nitrogen functional groups attached to an aromatic ring is 1. The van der Waals surface area contributed by atoms with Crippen molar-refractivity contribution >= 4 is 37.3 Å². The molecule has 21 heavy (non-hydrogen) atoms. The predicted molar refractivity (Wildman–Crippen MR) is 82.3 cm³/mol. The van der Waals surface area contributed by atoms with Gasteiger partial charge in [0.05, 0.1) is 23.4 Å². The number of sulfonamides is 1. The van der Waals surface area contributed by atoms with Gasteiger partial charge in [0.15, 0.2) is 0 Å². The fourth-order valence-corrected chi connectivity index (χ4v) is 3.05. The summed E-state index contributed by atoms with van der Waals surface area (Å²) in [6.45, 7) is 0. The van der Waals surface area contributed by atoms with Crippen LogP contribution in [-0.4, -0.2) is 15.5 Å². The zero-order chi connectivity index (χ0) is 15.6. The Morgan fingerprint density at radius 3 is 2.57 bits per heavy atom. The van der Waals surface area contributed by atoms with Crippen LogP contribution in [-0.2, 0) is 10.0 Å². The molecule has 0 aliphatic heterocycles. The molecule has 0 atom stereocenters. The first kappa shape index (κ1) is 15.6. The number of halogens is 2. The van der Waals surface area contributed by atoms with E-state index in [4.69, 9.17) is 10.5 Å². The molecule has 0 unspecified atom stereocenters. The average molecular weight is 375 g/mol. The number of hydrogen-bond acceptors (Lipinski definition) is 4. The quantitative estimate of drug-likeness (QED) is 0.806. The summed E-state index contributed by atoms with van der Waals surface area (Å²) in [4.78, 5) is -0.0733. The van der Waals surface area contributed by atoms with Crippen LogP contribution in [0.2, 0.25) is 0 Å². The van der Waals surface area contributed by atoms with Crippen LogP contribution in [0.15, 0.2) is 45.8 Å². The van der Waals surface area contributed by atoms with E-state index in [1.54, 1.807) is 0 Å². The van der Waals surface area contributed by atoms with Crippen molar-refractivity contribution in [1.29, 1.82) is 0 Å². The van der Waals surface area contributed by atoms with Crippen LogP contribution in [0, 0.1) is 5.82 Å². The molecule has 0 bridgehead atoms. The minimum atomic E-state index is -3.94. The molecule has 8 heteroatoms. The van der Waals surface area contributed by atoms with E-state index in [1.807, 2.05) is 0 Å². The maximum atomic E-state index is 13.7. The molecule has 0 radical (unpaired) electrons. The van der Waals surface area contributed by atoms with E-state index >= 15 is 0 Å². The average Bonchev–Trinajstić information content (AvgIpc) is 2.42. The Morgan fingerprint density at radius 1 is 1.24 bits per heavy atom. The molecule has 2 rings (SSSR count). The van der Waals surface area contributed by atoms with Gasteiger partial charge in [-0.25, -0.2) is 12.8 Å². The Morgan fingerprint density at radius 2 is 1.95 bits per heavy atom. The van der Waals surface area contributed by atoms with E-state index in [-0.39, 0.29) is 16.3 Å². The molecule has 0 heterocycles. The Balaban J connectivity index is 2.38. The van der Waals surface area contributed by atoms with E-state index < -0.39 is 15.8 Å². The van der Waals surface area contributed by atoms with Gasteiger partial charge < -0.3 is 10.5 Å².